The van der Waals surface area contributed by atoms with Crippen LogP contribution in [0.25, 0.3) is 22.3 Å². The van der Waals surface area contributed by atoms with Gasteiger partial charge in [0.25, 0.3) is 0 Å². The van der Waals surface area contributed by atoms with Crippen molar-refractivity contribution in [3.8, 4) is 11.8 Å². The summed E-state index contributed by atoms with van der Waals surface area (Å²) in [6.45, 7) is 0. The number of aromatic amines is 2. The molecule has 0 bridgehead atoms. The SMILES string of the molecule is COc1ncnc2nc[nH]c12.COc1ncnc2nc[nH]c12.O. The van der Waals surface area contributed by atoms with E-state index in [1.54, 1.807) is 26.9 Å². The summed E-state index contributed by atoms with van der Waals surface area (Å²) in [6.07, 6.45) is 5.95. The lowest BCUT2D eigenvalue weighted by molar-refractivity contribution is 0.401. The third kappa shape index (κ3) is 3.13. The number of ether oxygens (including phenoxy) is 2. The van der Waals surface area contributed by atoms with Gasteiger partial charge in [-0.1, -0.05) is 0 Å². The number of methoxy groups -OCH3 is 2. The molecule has 0 atom stereocenters. The van der Waals surface area contributed by atoms with Gasteiger partial charge in [-0.05, 0) is 0 Å². The molecule has 0 saturated carbocycles. The summed E-state index contributed by atoms with van der Waals surface area (Å²) in [7, 11) is 3.12. The Bertz CT molecular complexity index is 816. The zero-order valence-electron chi connectivity index (χ0n) is 12.3. The molecular formula is C12H14N8O3. The van der Waals surface area contributed by atoms with Crippen LogP contribution in [0, 0.1) is 0 Å². The van der Waals surface area contributed by atoms with Gasteiger partial charge in [0.2, 0.25) is 11.8 Å². The van der Waals surface area contributed by atoms with E-state index in [1.165, 1.54) is 12.7 Å². The van der Waals surface area contributed by atoms with Crippen LogP contribution >= 0.6 is 0 Å². The highest BCUT2D eigenvalue weighted by Gasteiger charge is 2.04. The van der Waals surface area contributed by atoms with Gasteiger partial charge < -0.3 is 24.9 Å². The molecule has 0 fully saturated rings. The highest BCUT2D eigenvalue weighted by Crippen LogP contribution is 2.16. The van der Waals surface area contributed by atoms with Crippen molar-refractivity contribution in [3.05, 3.63) is 25.3 Å². The van der Waals surface area contributed by atoms with E-state index in [0.29, 0.717) is 23.1 Å². The average molecular weight is 318 g/mol. The molecule has 120 valence electrons. The molecule has 4 aromatic rings. The fourth-order valence-corrected chi connectivity index (χ4v) is 1.80. The van der Waals surface area contributed by atoms with Gasteiger partial charge in [-0.3, -0.25) is 0 Å². The van der Waals surface area contributed by atoms with Crippen molar-refractivity contribution >= 4 is 22.3 Å². The minimum atomic E-state index is 0. The van der Waals surface area contributed by atoms with Gasteiger partial charge in [-0.15, -0.1) is 0 Å². The minimum absolute atomic E-state index is 0. The van der Waals surface area contributed by atoms with E-state index < -0.39 is 0 Å². The zero-order chi connectivity index (χ0) is 15.4. The van der Waals surface area contributed by atoms with Crippen molar-refractivity contribution in [2.24, 2.45) is 0 Å². The Hall–Kier alpha value is -3.34. The van der Waals surface area contributed by atoms with Crippen LogP contribution in [0.1, 0.15) is 0 Å². The van der Waals surface area contributed by atoms with E-state index in [4.69, 9.17) is 9.47 Å². The number of H-pyrrole nitrogens is 2. The maximum absolute atomic E-state index is 4.96. The zero-order valence-corrected chi connectivity index (χ0v) is 12.3. The summed E-state index contributed by atoms with van der Waals surface area (Å²) < 4.78 is 9.93. The Balaban J connectivity index is 0.000000160. The molecule has 0 aliphatic carbocycles. The van der Waals surface area contributed by atoms with E-state index >= 15 is 0 Å². The van der Waals surface area contributed by atoms with Crippen molar-refractivity contribution in [3.63, 3.8) is 0 Å². The van der Waals surface area contributed by atoms with Crippen LogP contribution in [0.2, 0.25) is 0 Å². The Kier molecular flexibility index (Phi) is 4.94. The van der Waals surface area contributed by atoms with Crippen LogP contribution in [0.4, 0.5) is 0 Å². The molecular weight excluding hydrogens is 304 g/mol. The van der Waals surface area contributed by atoms with Crippen molar-refractivity contribution in [2.75, 3.05) is 14.2 Å². The monoisotopic (exact) mass is 318 g/mol. The average Bonchev–Trinajstić information content (AvgIpc) is 3.23. The van der Waals surface area contributed by atoms with Gasteiger partial charge in [0.1, 0.15) is 23.7 Å². The second kappa shape index (κ2) is 7.09. The molecule has 0 radical (unpaired) electrons. The second-order valence-electron chi connectivity index (χ2n) is 3.97. The molecule has 0 unspecified atom stereocenters. The predicted molar refractivity (Wildman–Crippen MR) is 80.1 cm³/mol. The van der Waals surface area contributed by atoms with Crippen molar-refractivity contribution < 1.29 is 14.9 Å². The first kappa shape index (κ1) is 16.0. The fraction of sp³-hybridized carbons (Fsp3) is 0.167. The Morgan fingerprint density at radius 2 is 1.13 bits per heavy atom. The third-order valence-corrected chi connectivity index (χ3v) is 2.76. The Morgan fingerprint density at radius 3 is 1.52 bits per heavy atom. The summed E-state index contributed by atoms with van der Waals surface area (Å²) >= 11 is 0. The van der Waals surface area contributed by atoms with Crippen LogP contribution in [0.15, 0.2) is 25.3 Å². The molecule has 0 aliphatic rings. The lowest BCUT2D eigenvalue weighted by Gasteiger charge is -1.95. The summed E-state index contributed by atoms with van der Waals surface area (Å²) in [4.78, 5) is 29.3. The molecule has 11 heteroatoms. The molecule has 11 nitrogen and oxygen atoms in total. The molecule has 4 heterocycles. The maximum atomic E-state index is 4.96. The molecule has 4 aromatic heterocycles. The molecule has 0 spiro atoms. The fourth-order valence-electron chi connectivity index (χ4n) is 1.80. The van der Waals surface area contributed by atoms with Crippen LogP contribution < -0.4 is 9.47 Å². The number of fused-ring (bicyclic) bond motifs is 2. The Labute approximate surface area is 129 Å². The summed E-state index contributed by atoms with van der Waals surface area (Å²) in [6, 6.07) is 0. The van der Waals surface area contributed by atoms with Crippen LogP contribution in [0.5, 0.6) is 11.8 Å². The third-order valence-electron chi connectivity index (χ3n) is 2.76. The minimum Gasteiger partial charge on any atom is -0.479 e. The largest absolute Gasteiger partial charge is 0.479 e. The molecule has 4 rings (SSSR count). The van der Waals surface area contributed by atoms with E-state index in [2.05, 4.69) is 39.9 Å². The number of imidazole rings is 2. The van der Waals surface area contributed by atoms with E-state index in [-0.39, 0.29) is 5.48 Å². The van der Waals surface area contributed by atoms with Crippen LogP contribution in [0.3, 0.4) is 0 Å². The molecule has 0 saturated heterocycles. The number of nitrogens with one attached hydrogen (secondary N) is 2. The lowest BCUT2D eigenvalue weighted by Crippen LogP contribution is -1.89. The van der Waals surface area contributed by atoms with Gasteiger partial charge >= 0.3 is 0 Å². The highest BCUT2D eigenvalue weighted by atomic mass is 16.5. The first-order valence-electron chi connectivity index (χ1n) is 6.19. The van der Waals surface area contributed by atoms with E-state index in [1.807, 2.05) is 0 Å². The second-order valence-corrected chi connectivity index (χ2v) is 3.97. The first-order valence-corrected chi connectivity index (χ1v) is 6.19. The van der Waals surface area contributed by atoms with Crippen molar-refractivity contribution in [1.29, 1.82) is 0 Å². The predicted octanol–water partition coefficient (Wildman–Crippen LogP) is -0.102. The Morgan fingerprint density at radius 1 is 0.696 bits per heavy atom. The molecule has 0 aromatic carbocycles. The molecule has 0 amide bonds. The van der Waals surface area contributed by atoms with Crippen molar-refractivity contribution in [1.82, 2.24) is 39.9 Å². The maximum Gasteiger partial charge on any atom is 0.242 e. The van der Waals surface area contributed by atoms with E-state index in [0.717, 1.165) is 11.0 Å². The first-order chi connectivity index (χ1) is 10.8. The lowest BCUT2D eigenvalue weighted by atomic mass is 10.5. The van der Waals surface area contributed by atoms with Gasteiger partial charge in [0, 0.05) is 0 Å². The van der Waals surface area contributed by atoms with Gasteiger partial charge in [-0.25, -0.2) is 19.9 Å². The topological polar surface area (TPSA) is 159 Å². The van der Waals surface area contributed by atoms with Gasteiger partial charge in [-0.2, -0.15) is 9.97 Å². The summed E-state index contributed by atoms with van der Waals surface area (Å²) in [5.74, 6) is 1.04. The van der Waals surface area contributed by atoms with E-state index in [9.17, 15) is 0 Å². The van der Waals surface area contributed by atoms with Crippen molar-refractivity contribution in [2.45, 2.75) is 0 Å². The number of rotatable bonds is 2. The van der Waals surface area contributed by atoms with Crippen LogP contribution in [-0.4, -0.2) is 59.6 Å². The number of nitrogens with zero attached hydrogens (tertiary/aromatic N) is 6. The summed E-state index contributed by atoms with van der Waals surface area (Å²) in [5, 5.41) is 0. The van der Waals surface area contributed by atoms with Gasteiger partial charge in [0.15, 0.2) is 11.3 Å². The smallest absolute Gasteiger partial charge is 0.242 e. The summed E-state index contributed by atoms with van der Waals surface area (Å²) in [5.41, 5.74) is 2.71. The number of aromatic nitrogens is 8. The van der Waals surface area contributed by atoms with Crippen LogP contribution in [-0.2, 0) is 0 Å². The highest BCUT2D eigenvalue weighted by molar-refractivity contribution is 5.75. The standard InChI is InChI=1S/2C6H6N4O.H2O/c2*1-11-6-4-5(8-2-7-4)9-3-10-6;/h2*2-3H,1H3,(H,7,8,9,10);1H2. The molecule has 4 N–H and O–H groups in total. The molecule has 23 heavy (non-hydrogen) atoms. The number of hydrogen-bond acceptors (Lipinski definition) is 8. The quantitative estimate of drug-likeness (QED) is 0.518. The normalized spacial score (nSPS) is 9.83. The molecule has 0 aliphatic heterocycles. The number of hydrogen-bond donors (Lipinski definition) is 2. The van der Waals surface area contributed by atoms with Gasteiger partial charge in [0.05, 0.1) is 26.9 Å².